The highest BCUT2D eigenvalue weighted by molar-refractivity contribution is 6.31. The SMILES string of the molecule is COc1ccc(Cl)cc1C(=O)Nc1cc2c(cc1C(C)=O)OCO2. The molecule has 1 aliphatic heterocycles. The van der Waals surface area contributed by atoms with Crippen LogP contribution in [0.3, 0.4) is 0 Å². The third-order valence-corrected chi connectivity index (χ3v) is 3.78. The molecule has 1 aliphatic rings. The maximum absolute atomic E-state index is 12.6. The number of hydrogen-bond donors (Lipinski definition) is 1. The second-order valence-corrected chi connectivity index (χ2v) is 5.54. The largest absolute Gasteiger partial charge is 0.496 e. The number of rotatable bonds is 4. The van der Waals surface area contributed by atoms with Gasteiger partial charge >= 0.3 is 0 Å². The van der Waals surface area contributed by atoms with Gasteiger partial charge in [0.2, 0.25) is 6.79 Å². The van der Waals surface area contributed by atoms with Crippen LogP contribution in [-0.2, 0) is 0 Å². The van der Waals surface area contributed by atoms with Gasteiger partial charge in [0.15, 0.2) is 17.3 Å². The molecule has 0 radical (unpaired) electrons. The molecular formula is C17H14ClNO5. The number of anilines is 1. The Morgan fingerprint density at radius 3 is 2.50 bits per heavy atom. The lowest BCUT2D eigenvalue weighted by molar-refractivity contribution is 0.101. The Morgan fingerprint density at radius 1 is 1.12 bits per heavy atom. The fraction of sp³-hybridized carbons (Fsp3) is 0.176. The maximum Gasteiger partial charge on any atom is 0.259 e. The van der Waals surface area contributed by atoms with Gasteiger partial charge in [-0.25, -0.2) is 0 Å². The second kappa shape index (κ2) is 6.41. The number of nitrogens with one attached hydrogen (secondary N) is 1. The van der Waals surface area contributed by atoms with E-state index in [0.717, 1.165) is 0 Å². The summed E-state index contributed by atoms with van der Waals surface area (Å²) in [5, 5.41) is 3.11. The number of fused-ring (bicyclic) bond motifs is 1. The van der Waals surface area contributed by atoms with Gasteiger partial charge < -0.3 is 19.5 Å². The minimum absolute atomic E-state index is 0.0756. The quantitative estimate of drug-likeness (QED) is 0.856. The van der Waals surface area contributed by atoms with E-state index in [-0.39, 0.29) is 18.1 Å². The molecule has 1 amide bonds. The van der Waals surface area contributed by atoms with E-state index >= 15 is 0 Å². The molecule has 0 bridgehead atoms. The van der Waals surface area contributed by atoms with Gasteiger partial charge in [-0.15, -0.1) is 0 Å². The standard InChI is InChI=1S/C17H14ClNO5/c1-9(20)11-6-15-16(24-8-23-15)7-13(11)19-17(21)12-5-10(18)3-4-14(12)22-2/h3-7H,8H2,1-2H3,(H,19,21). The van der Waals surface area contributed by atoms with Crippen LogP contribution in [0.15, 0.2) is 30.3 Å². The highest BCUT2D eigenvalue weighted by Gasteiger charge is 2.21. The smallest absolute Gasteiger partial charge is 0.259 e. The summed E-state index contributed by atoms with van der Waals surface area (Å²) in [5.74, 6) is 0.659. The third-order valence-electron chi connectivity index (χ3n) is 3.55. The van der Waals surface area contributed by atoms with Crippen LogP contribution in [0.25, 0.3) is 0 Å². The third kappa shape index (κ3) is 3.00. The summed E-state index contributed by atoms with van der Waals surface area (Å²) < 4.78 is 15.7. The van der Waals surface area contributed by atoms with Crippen LogP contribution in [-0.4, -0.2) is 25.6 Å². The lowest BCUT2D eigenvalue weighted by Crippen LogP contribution is -2.15. The number of hydrogen-bond acceptors (Lipinski definition) is 5. The van der Waals surface area contributed by atoms with E-state index in [1.165, 1.54) is 20.1 Å². The van der Waals surface area contributed by atoms with E-state index < -0.39 is 5.91 Å². The summed E-state index contributed by atoms with van der Waals surface area (Å²) in [7, 11) is 1.46. The van der Waals surface area contributed by atoms with Gasteiger partial charge in [-0.3, -0.25) is 9.59 Å². The van der Waals surface area contributed by atoms with Crippen molar-refractivity contribution in [2.24, 2.45) is 0 Å². The maximum atomic E-state index is 12.6. The Hall–Kier alpha value is -2.73. The molecule has 0 aromatic heterocycles. The number of Topliss-reactive ketones (excluding diaryl/α,β-unsaturated/α-hetero) is 1. The molecule has 0 atom stereocenters. The summed E-state index contributed by atoms with van der Waals surface area (Å²) >= 11 is 5.95. The Bertz CT molecular complexity index is 834. The average molecular weight is 348 g/mol. The van der Waals surface area contributed by atoms with E-state index in [9.17, 15) is 9.59 Å². The van der Waals surface area contributed by atoms with Crippen molar-refractivity contribution in [1.82, 2.24) is 0 Å². The molecule has 1 heterocycles. The monoisotopic (exact) mass is 347 g/mol. The molecule has 0 saturated carbocycles. The molecule has 0 saturated heterocycles. The van der Waals surface area contributed by atoms with Gasteiger partial charge in [0.25, 0.3) is 5.91 Å². The number of benzene rings is 2. The fourth-order valence-electron chi connectivity index (χ4n) is 2.38. The lowest BCUT2D eigenvalue weighted by atomic mass is 10.1. The number of amides is 1. The van der Waals surface area contributed by atoms with E-state index in [0.29, 0.717) is 33.5 Å². The molecule has 0 spiro atoms. The first-order valence-corrected chi connectivity index (χ1v) is 7.47. The van der Waals surface area contributed by atoms with Gasteiger partial charge in [-0.05, 0) is 31.2 Å². The zero-order valence-electron chi connectivity index (χ0n) is 13.0. The zero-order valence-corrected chi connectivity index (χ0v) is 13.8. The molecule has 3 rings (SSSR count). The molecule has 124 valence electrons. The molecule has 0 fully saturated rings. The van der Waals surface area contributed by atoms with Crippen molar-refractivity contribution in [2.45, 2.75) is 6.92 Å². The first-order chi connectivity index (χ1) is 11.5. The first-order valence-electron chi connectivity index (χ1n) is 7.09. The van der Waals surface area contributed by atoms with Crippen molar-refractivity contribution in [1.29, 1.82) is 0 Å². The number of halogens is 1. The van der Waals surface area contributed by atoms with Crippen LogP contribution in [0.4, 0.5) is 5.69 Å². The minimum atomic E-state index is -0.448. The summed E-state index contributed by atoms with van der Waals surface area (Å²) in [5.41, 5.74) is 0.921. The van der Waals surface area contributed by atoms with E-state index in [4.69, 9.17) is 25.8 Å². The molecule has 0 unspecified atom stereocenters. The second-order valence-electron chi connectivity index (χ2n) is 5.11. The number of ketones is 1. The molecule has 2 aromatic rings. The van der Waals surface area contributed by atoms with E-state index in [1.54, 1.807) is 24.3 Å². The van der Waals surface area contributed by atoms with Crippen LogP contribution in [0.1, 0.15) is 27.6 Å². The molecule has 24 heavy (non-hydrogen) atoms. The number of methoxy groups -OCH3 is 1. The number of carbonyl (C=O) groups is 2. The first kappa shape index (κ1) is 16.1. The number of carbonyl (C=O) groups excluding carboxylic acids is 2. The predicted molar refractivity (Wildman–Crippen MR) is 88.5 cm³/mol. The van der Waals surface area contributed by atoms with E-state index in [2.05, 4.69) is 5.32 Å². The van der Waals surface area contributed by atoms with Crippen molar-refractivity contribution in [2.75, 3.05) is 19.2 Å². The van der Waals surface area contributed by atoms with E-state index in [1.807, 2.05) is 0 Å². The molecular weight excluding hydrogens is 334 g/mol. The molecule has 0 aliphatic carbocycles. The highest BCUT2D eigenvalue weighted by Crippen LogP contribution is 2.37. The van der Waals surface area contributed by atoms with Crippen LogP contribution < -0.4 is 19.5 Å². The van der Waals surface area contributed by atoms with Gasteiger partial charge in [0, 0.05) is 16.7 Å². The summed E-state index contributed by atoms with van der Waals surface area (Å²) in [6.45, 7) is 1.49. The van der Waals surface area contributed by atoms with Gasteiger partial charge in [0.1, 0.15) is 5.75 Å². The fourth-order valence-corrected chi connectivity index (χ4v) is 2.56. The van der Waals surface area contributed by atoms with Crippen molar-refractivity contribution in [3.05, 3.63) is 46.5 Å². The van der Waals surface area contributed by atoms with Crippen molar-refractivity contribution in [3.63, 3.8) is 0 Å². The Kier molecular flexibility index (Phi) is 4.31. The van der Waals surface area contributed by atoms with Crippen molar-refractivity contribution in [3.8, 4) is 17.2 Å². The predicted octanol–water partition coefficient (Wildman–Crippen LogP) is 3.53. The summed E-state index contributed by atoms with van der Waals surface area (Å²) in [6, 6.07) is 7.83. The molecule has 7 heteroatoms. The Balaban J connectivity index is 1.98. The topological polar surface area (TPSA) is 73.9 Å². The summed E-state index contributed by atoms with van der Waals surface area (Å²) in [4.78, 5) is 24.5. The van der Waals surface area contributed by atoms with Crippen molar-refractivity contribution >= 4 is 29.0 Å². The van der Waals surface area contributed by atoms with Crippen LogP contribution in [0.5, 0.6) is 17.2 Å². The Labute approximate surface area is 143 Å². The lowest BCUT2D eigenvalue weighted by Gasteiger charge is -2.12. The van der Waals surface area contributed by atoms with Crippen LogP contribution >= 0.6 is 11.6 Å². The highest BCUT2D eigenvalue weighted by atomic mass is 35.5. The van der Waals surface area contributed by atoms with Crippen LogP contribution in [0.2, 0.25) is 5.02 Å². The van der Waals surface area contributed by atoms with Crippen molar-refractivity contribution < 1.29 is 23.8 Å². The van der Waals surface area contributed by atoms with Gasteiger partial charge in [0.05, 0.1) is 18.4 Å². The average Bonchev–Trinajstić information content (AvgIpc) is 3.01. The summed E-state index contributed by atoms with van der Waals surface area (Å²) in [6.07, 6.45) is 0. The zero-order chi connectivity index (χ0) is 17.3. The van der Waals surface area contributed by atoms with Crippen LogP contribution in [0, 0.1) is 0 Å². The molecule has 1 N–H and O–H groups in total. The molecule has 6 nitrogen and oxygen atoms in total. The van der Waals surface area contributed by atoms with Gasteiger partial charge in [-0.2, -0.15) is 0 Å². The normalized spacial score (nSPS) is 12.0. The minimum Gasteiger partial charge on any atom is -0.496 e. The Morgan fingerprint density at radius 2 is 1.83 bits per heavy atom. The number of ether oxygens (including phenoxy) is 3. The van der Waals surface area contributed by atoms with Gasteiger partial charge in [-0.1, -0.05) is 11.6 Å². The molecule has 2 aromatic carbocycles.